The molecule has 0 fully saturated rings. The lowest BCUT2D eigenvalue weighted by molar-refractivity contribution is 0.615. The van der Waals surface area contributed by atoms with E-state index in [4.69, 9.17) is 16.6 Å². The highest BCUT2D eigenvalue weighted by atomic mass is 35.5. The van der Waals surface area contributed by atoms with E-state index < -0.39 is 0 Å². The third-order valence-electron chi connectivity index (χ3n) is 2.85. The molecule has 0 aliphatic heterocycles. The van der Waals surface area contributed by atoms with Crippen LogP contribution in [0.25, 0.3) is 11.2 Å². The first-order valence-corrected chi connectivity index (χ1v) is 6.03. The Labute approximate surface area is 115 Å². The van der Waals surface area contributed by atoms with Gasteiger partial charge < -0.3 is 9.59 Å². The zero-order valence-corrected chi connectivity index (χ0v) is 10.6. The van der Waals surface area contributed by atoms with Gasteiger partial charge in [-0.1, -0.05) is 41.3 Å². The smallest absolute Gasteiger partial charge is 0.326 e. The number of fused-ring (bicyclic) bond motifs is 1. The first-order valence-electron chi connectivity index (χ1n) is 5.65. The summed E-state index contributed by atoms with van der Waals surface area (Å²) in [4.78, 5) is 12.2. The molecule has 0 amide bonds. The van der Waals surface area contributed by atoms with Gasteiger partial charge in [0.25, 0.3) is 0 Å². The van der Waals surface area contributed by atoms with Crippen LogP contribution in [0.4, 0.5) is 0 Å². The van der Waals surface area contributed by atoms with E-state index in [2.05, 4.69) is 15.0 Å². The molecule has 7 heteroatoms. The number of benzene rings is 1. The molecular weight excluding hydrogens is 262 g/mol. The SMILES string of the molecule is O[B]c1ccc(Cn2cnc3ncnc(Cl)c32)cc1. The van der Waals surface area contributed by atoms with E-state index >= 15 is 0 Å². The van der Waals surface area contributed by atoms with Crippen LogP contribution in [0.2, 0.25) is 5.15 Å². The Bertz CT molecular complexity index is 713. The second-order valence-electron chi connectivity index (χ2n) is 4.08. The summed E-state index contributed by atoms with van der Waals surface area (Å²) in [5.41, 5.74) is 3.15. The molecule has 2 heterocycles. The van der Waals surface area contributed by atoms with Gasteiger partial charge in [0.05, 0.1) is 6.33 Å². The third-order valence-corrected chi connectivity index (χ3v) is 3.12. The van der Waals surface area contributed by atoms with Gasteiger partial charge in [-0.25, -0.2) is 15.0 Å². The molecular formula is C12H9BClN4O. The van der Waals surface area contributed by atoms with Crippen molar-refractivity contribution in [2.45, 2.75) is 6.54 Å². The van der Waals surface area contributed by atoms with Crippen LogP contribution in [-0.2, 0) is 6.54 Å². The van der Waals surface area contributed by atoms with Crippen molar-refractivity contribution in [1.29, 1.82) is 0 Å². The fraction of sp³-hybridized carbons (Fsp3) is 0.0833. The fourth-order valence-electron chi connectivity index (χ4n) is 1.90. The average Bonchev–Trinajstić information content (AvgIpc) is 2.84. The van der Waals surface area contributed by atoms with E-state index in [1.807, 2.05) is 28.8 Å². The predicted molar refractivity (Wildman–Crippen MR) is 73.5 cm³/mol. The van der Waals surface area contributed by atoms with E-state index in [1.54, 1.807) is 6.33 Å². The van der Waals surface area contributed by atoms with Crippen LogP contribution in [0.15, 0.2) is 36.9 Å². The summed E-state index contributed by atoms with van der Waals surface area (Å²) in [5, 5.41) is 9.28. The van der Waals surface area contributed by atoms with Gasteiger partial charge in [0.15, 0.2) is 10.8 Å². The maximum atomic E-state index is 8.89. The molecule has 0 unspecified atom stereocenters. The van der Waals surface area contributed by atoms with E-state index in [9.17, 15) is 0 Å². The Morgan fingerprint density at radius 3 is 2.68 bits per heavy atom. The van der Waals surface area contributed by atoms with E-state index in [0.717, 1.165) is 24.0 Å². The van der Waals surface area contributed by atoms with Gasteiger partial charge in [-0.2, -0.15) is 0 Å². The summed E-state index contributed by atoms with van der Waals surface area (Å²) in [7, 11) is 1.07. The summed E-state index contributed by atoms with van der Waals surface area (Å²) < 4.78 is 1.90. The standard InChI is InChI=1S/C12H9BClN4O/c14-11-10-12(16-6-15-11)17-7-18(10)5-8-1-3-9(13-19)4-2-8/h1-4,6-7,19H,5H2. The molecule has 0 bridgehead atoms. The molecule has 93 valence electrons. The van der Waals surface area contributed by atoms with Crippen LogP contribution in [0.1, 0.15) is 5.56 Å². The molecule has 0 saturated carbocycles. The van der Waals surface area contributed by atoms with Gasteiger partial charge in [0, 0.05) is 6.54 Å². The number of rotatable bonds is 3. The van der Waals surface area contributed by atoms with Gasteiger partial charge >= 0.3 is 7.48 Å². The quantitative estimate of drug-likeness (QED) is 0.564. The maximum absolute atomic E-state index is 8.89. The van der Waals surface area contributed by atoms with Crippen molar-refractivity contribution in [2.75, 3.05) is 0 Å². The minimum atomic E-state index is 0.391. The van der Waals surface area contributed by atoms with Gasteiger partial charge in [-0.15, -0.1) is 0 Å². The minimum absolute atomic E-state index is 0.391. The van der Waals surface area contributed by atoms with Gasteiger partial charge in [-0.3, -0.25) is 0 Å². The van der Waals surface area contributed by atoms with Crippen molar-refractivity contribution >= 4 is 35.7 Å². The predicted octanol–water partition coefficient (Wildman–Crippen LogP) is 0.765. The third kappa shape index (κ3) is 2.32. The van der Waals surface area contributed by atoms with Crippen LogP contribution in [0.3, 0.4) is 0 Å². The van der Waals surface area contributed by atoms with Crippen LogP contribution >= 0.6 is 11.6 Å². The molecule has 0 saturated heterocycles. The summed E-state index contributed by atoms with van der Waals surface area (Å²) >= 11 is 6.07. The lowest BCUT2D eigenvalue weighted by Gasteiger charge is -2.05. The Balaban J connectivity index is 1.96. The average molecular weight is 271 g/mol. The van der Waals surface area contributed by atoms with Gasteiger partial charge in [0.2, 0.25) is 0 Å². The number of hydrogen-bond donors (Lipinski definition) is 1. The number of aromatic nitrogens is 4. The second-order valence-corrected chi connectivity index (χ2v) is 4.44. The molecule has 0 aliphatic carbocycles. The molecule has 1 aromatic carbocycles. The van der Waals surface area contributed by atoms with Gasteiger partial charge in [0.1, 0.15) is 11.8 Å². The molecule has 19 heavy (non-hydrogen) atoms. The number of nitrogens with zero attached hydrogens (tertiary/aromatic N) is 4. The fourth-order valence-corrected chi connectivity index (χ4v) is 2.13. The summed E-state index contributed by atoms with van der Waals surface area (Å²) in [6.07, 6.45) is 3.09. The van der Waals surface area contributed by atoms with Crippen LogP contribution in [-0.4, -0.2) is 32.0 Å². The highest BCUT2D eigenvalue weighted by Crippen LogP contribution is 2.19. The first-order chi connectivity index (χ1) is 9.28. The van der Waals surface area contributed by atoms with Crippen LogP contribution in [0, 0.1) is 0 Å². The Morgan fingerprint density at radius 2 is 1.95 bits per heavy atom. The molecule has 1 radical (unpaired) electrons. The highest BCUT2D eigenvalue weighted by Gasteiger charge is 2.09. The van der Waals surface area contributed by atoms with Crippen molar-refractivity contribution in [2.24, 2.45) is 0 Å². The van der Waals surface area contributed by atoms with E-state index in [0.29, 0.717) is 17.3 Å². The second kappa shape index (κ2) is 4.99. The van der Waals surface area contributed by atoms with Crippen molar-refractivity contribution < 1.29 is 5.02 Å². The van der Waals surface area contributed by atoms with Crippen molar-refractivity contribution in [3.05, 3.63) is 47.6 Å². The molecule has 2 aromatic heterocycles. The zero-order valence-electron chi connectivity index (χ0n) is 9.86. The number of imidazole rings is 1. The normalized spacial score (nSPS) is 10.8. The van der Waals surface area contributed by atoms with Crippen LogP contribution in [0.5, 0.6) is 0 Å². The summed E-state index contributed by atoms with van der Waals surface area (Å²) in [6.45, 7) is 0.620. The molecule has 0 atom stereocenters. The lowest BCUT2D eigenvalue weighted by atomic mass is 9.88. The minimum Gasteiger partial charge on any atom is -0.450 e. The molecule has 5 nitrogen and oxygen atoms in total. The number of hydrogen-bond acceptors (Lipinski definition) is 4. The zero-order chi connectivity index (χ0) is 13.2. The Kier molecular flexibility index (Phi) is 3.19. The molecule has 3 aromatic rings. The lowest BCUT2D eigenvalue weighted by Crippen LogP contribution is -2.12. The first kappa shape index (κ1) is 12.1. The maximum Gasteiger partial charge on any atom is 0.326 e. The van der Waals surface area contributed by atoms with Crippen molar-refractivity contribution in [3.63, 3.8) is 0 Å². The Morgan fingerprint density at radius 1 is 1.16 bits per heavy atom. The molecule has 0 aliphatic rings. The summed E-state index contributed by atoms with van der Waals surface area (Å²) in [6, 6.07) is 7.55. The summed E-state index contributed by atoms with van der Waals surface area (Å²) in [5.74, 6) is 0. The van der Waals surface area contributed by atoms with E-state index in [-0.39, 0.29) is 0 Å². The molecule has 3 rings (SSSR count). The van der Waals surface area contributed by atoms with E-state index in [1.165, 1.54) is 6.33 Å². The van der Waals surface area contributed by atoms with Crippen molar-refractivity contribution in [1.82, 2.24) is 19.5 Å². The topological polar surface area (TPSA) is 63.8 Å². The monoisotopic (exact) mass is 271 g/mol. The largest absolute Gasteiger partial charge is 0.450 e. The molecule has 0 spiro atoms. The Hall–Kier alpha value is -1.92. The molecule has 1 N–H and O–H groups in total. The van der Waals surface area contributed by atoms with Crippen LogP contribution < -0.4 is 5.46 Å². The van der Waals surface area contributed by atoms with Crippen molar-refractivity contribution in [3.8, 4) is 0 Å². The van der Waals surface area contributed by atoms with Gasteiger partial charge in [-0.05, 0) is 5.56 Å². The highest BCUT2D eigenvalue weighted by molar-refractivity contribution is 6.45. The number of halogens is 1.